The Morgan fingerprint density at radius 1 is 1.03 bits per heavy atom. The van der Waals surface area contributed by atoms with Crippen molar-refractivity contribution < 1.29 is 23.9 Å². The molecule has 196 valence electrons. The average Bonchev–Trinajstić information content (AvgIpc) is 3.74. The van der Waals surface area contributed by atoms with Crippen LogP contribution in [0.5, 0.6) is 11.5 Å². The van der Waals surface area contributed by atoms with Crippen molar-refractivity contribution in [2.45, 2.75) is 32.2 Å². The van der Waals surface area contributed by atoms with E-state index in [1.54, 1.807) is 12.1 Å². The number of nitrogens with one attached hydrogen (secondary N) is 1. The normalized spacial score (nSPS) is 26.8. The largest absolute Gasteiger partial charge is 0.454 e. The van der Waals surface area contributed by atoms with Crippen LogP contribution in [-0.2, 0) is 11.3 Å². The third-order valence-corrected chi connectivity index (χ3v) is 8.84. The van der Waals surface area contributed by atoms with Crippen LogP contribution in [-0.4, -0.2) is 49.0 Å². The zero-order chi connectivity index (χ0) is 25.8. The Morgan fingerprint density at radius 2 is 1.92 bits per heavy atom. The van der Waals surface area contributed by atoms with Gasteiger partial charge in [-0.3, -0.25) is 19.3 Å². The van der Waals surface area contributed by atoms with E-state index in [4.69, 9.17) is 9.47 Å². The zero-order valence-electron chi connectivity index (χ0n) is 21.2. The maximum atomic E-state index is 13.6. The van der Waals surface area contributed by atoms with Crippen LogP contribution in [0.1, 0.15) is 52.0 Å². The second-order valence-electron chi connectivity index (χ2n) is 11.2. The maximum Gasteiger partial charge on any atom is 0.263 e. The Bertz CT molecular complexity index is 1350. The summed E-state index contributed by atoms with van der Waals surface area (Å²) in [7, 11) is 0. The first-order valence-corrected chi connectivity index (χ1v) is 13.6. The average molecular weight is 514 g/mol. The van der Waals surface area contributed by atoms with Gasteiger partial charge in [0.05, 0.1) is 29.3 Å². The van der Waals surface area contributed by atoms with Crippen LogP contribution in [0.2, 0.25) is 0 Å². The van der Waals surface area contributed by atoms with E-state index in [1.165, 1.54) is 17.7 Å². The van der Waals surface area contributed by atoms with Crippen molar-refractivity contribution in [2.75, 3.05) is 31.3 Å². The van der Waals surface area contributed by atoms with E-state index in [0.29, 0.717) is 46.9 Å². The number of piperidine rings is 1. The molecule has 8 nitrogen and oxygen atoms in total. The molecule has 3 heterocycles. The molecule has 8 heteroatoms. The van der Waals surface area contributed by atoms with Crippen molar-refractivity contribution in [1.82, 2.24) is 10.2 Å². The highest BCUT2D eigenvalue weighted by Crippen LogP contribution is 2.43. The molecule has 3 amide bonds. The molecule has 38 heavy (non-hydrogen) atoms. The number of benzene rings is 2. The SMILES string of the molecule is O=C(NC[C@H]1C[C@@H]2C=C[C@H]1C2)C1CCCN(c2cccc3c2C(=O)N(Cc2ccc4c(c2)OCO4)C3=O)C1. The van der Waals surface area contributed by atoms with Gasteiger partial charge in [0.2, 0.25) is 12.7 Å². The van der Waals surface area contributed by atoms with Crippen LogP contribution in [0.3, 0.4) is 0 Å². The quantitative estimate of drug-likeness (QED) is 0.468. The first kappa shape index (κ1) is 23.3. The smallest absolute Gasteiger partial charge is 0.263 e. The summed E-state index contributed by atoms with van der Waals surface area (Å²) in [5.74, 6) is 2.50. The molecule has 1 saturated heterocycles. The molecule has 2 aromatic rings. The van der Waals surface area contributed by atoms with Crippen molar-refractivity contribution >= 4 is 23.4 Å². The molecule has 2 fully saturated rings. The van der Waals surface area contributed by atoms with Gasteiger partial charge in [-0.1, -0.05) is 24.3 Å². The van der Waals surface area contributed by atoms with Crippen LogP contribution < -0.4 is 19.7 Å². The number of hydrogen-bond acceptors (Lipinski definition) is 6. The predicted octanol–water partition coefficient (Wildman–Crippen LogP) is 3.76. The highest BCUT2D eigenvalue weighted by molar-refractivity contribution is 6.23. The second kappa shape index (κ2) is 9.19. The van der Waals surface area contributed by atoms with E-state index in [2.05, 4.69) is 22.4 Å². The molecule has 4 atom stereocenters. The van der Waals surface area contributed by atoms with Crippen molar-refractivity contribution in [2.24, 2.45) is 23.7 Å². The number of rotatable bonds is 6. The molecule has 7 rings (SSSR count). The molecule has 1 N–H and O–H groups in total. The van der Waals surface area contributed by atoms with Gasteiger partial charge in [0.25, 0.3) is 11.8 Å². The number of ether oxygens (including phenoxy) is 2. The lowest BCUT2D eigenvalue weighted by Gasteiger charge is -2.35. The number of fused-ring (bicyclic) bond motifs is 4. The van der Waals surface area contributed by atoms with E-state index in [1.807, 2.05) is 24.3 Å². The third kappa shape index (κ3) is 3.94. The Labute approximate surface area is 221 Å². The summed E-state index contributed by atoms with van der Waals surface area (Å²) < 4.78 is 10.8. The fraction of sp³-hybridized carbons (Fsp3) is 0.433. The first-order valence-electron chi connectivity index (χ1n) is 13.6. The number of carbonyl (C=O) groups is 3. The van der Waals surface area contributed by atoms with Crippen LogP contribution >= 0.6 is 0 Å². The van der Waals surface area contributed by atoms with Gasteiger partial charge in [0.15, 0.2) is 11.5 Å². The Hall–Kier alpha value is -3.81. The van der Waals surface area contributed by atoms with Crippen molar-refractivity contribution in [3.05, 3.63) is 65.2 Å². The molecule has 1 unspecified atom stereocenters. The fourth-order valence-corrected chi connectivity index (χ4v) is 6.86. The summed E-state index contributed by atoms with van der Waals surface area (Å²) >= 11 is 0. The van der Waals surface area contributed by atoms with E-state index in [-0.39, 0.29) is 37.0 Å². The molecule has 3 aliphatic heterocycles. The highest BCUT2D eigenvalue weighted by Gasteiger charge is 2.40. The lowest BCUT2D eigenvalue weighted by Crippen LogP contribution is -2.44. The molecular weight excluding hydrogens is 482 g/mol. The Morgan fingerprint density at radius 3 is 2.76 bits per heavy atom. The van der Waals surface area contributed by atoms with Gasteiger partial charge in [-0.25, -0.2) is 0 Å². The number of allylic oxidation sites excluding steroid dienone is 2. The number of hydrogen-bond donors (Lipinski definition) is 1. The summed E-state index contributed by atoms with van der Waals surface area (Å²) in [6.07, 6.45) is 8.74. The van der Waals surface area contributed by atoms with Crippen LogP contribution in [0, 0.1) is 23.7 Å². The minimum absolute atomic E-state index is 0.0980. The second-order valence-corrected chi connectivity index (χ2v) is 11.2. The first-order chi connectivity index (χ1) is 18.5. The summed E-state index contributed by atoms with van der Waals surface area (Å²) in [5, 5.41) is 3.22. The van der Waals surface area contributed by atoms with E-state index >= 15 is 0 Å². The minimum Gasteiger partial charge on any atom is -0.454 e. The molecule has 5 aliphatic rings. The molecule has 0 aromatic heterocycles. The van der Waals surface area contributed by atoms with Gasteiger partial charge < -0.3 is 19.7 Å². The lowest BCUT2D eigenvalue weighted by atomic mass is 9.92. The summed E-state index contributed by atoms with van der Waals surface area (Å²) in [6.45, 7) is 2.36. The maximum absolute atomic E-state index is 13.6. The summed E-state index contributed by atoms with van der Waals surface area (Å²) in [4.78, 5) is 43.4. The van der Waals surface area contributed by atoms with Crippen LogP contribution in [0.15, 0.2) is 48.6 Å². The van der Waals surface area contributed by atoms with Crippen molar-refractivity contribution in [3.63, 3.8) is 0 Å². The Kier molecular flexibility index (Phi) is 5.64. The van der Waals surface area contributed by atoms with Gasteiger partial charge in [-0.05, 0) is 73.3 Å². The summed E-state index contributed by atoms with van der Waals surface area (Å²) in [6, 6.07) is 10.9. The topological polar surface area (TPSA) is 88.2 Å². The standard InChI is InChI=1S/C30H31N3O5/c34-28(31-14-22-12-18-6-8-20(22)11-18)21-3-2-10-32(16-21)24-5-1-4-23-27(24)30(36)33(29(23)35)15-19-7-9-25-26(13-19)38-17-37-25/h1,4-9,13,18,20-22H,2-3,10-12,14-17H2,(H,31,34)/t18-,20+,21?,22-/m1/s1. The van der Waals surface area contributed by atoms with Crippen molar-refractivity contribution in [1.29, 1.82) is 0 Å². The van der Waals surface area contributed by atoms with E-state index < -0.39 is 0 Å². The number of carbonyl (C=O) groups excluding carboxylic acids is 3. The van der Waals surface area contributed by atoms with Crippen LogP contribution in [0.25, 0.3) is 0 Å². The third-order valence-electron chi connectivity index (χ3n) is 8.84. The minimum atomic E-state index is -0.297. The number of anilines is 1. The highest BCUT2D eigenvalue weighted by atomic mass is 16.7. The van der Waals surface area contributed by atoms with Gasteiger partial charge >= 0.3 is 0 Å². The zero-order valence-corrected chi connectivity index (χ0v) is 21.2. The number of imide groups is 1. The molecule has 2 bridgehead atoms. The molecule has 0 spiro atoms. The molecule has 0 radical (unpaired) electrons. The molecular formula is C30H31N3O5. The van der Waals surface area contributed by atoms with Crippen molar-refractivity contribution in [3.8, 4) is 11.5 Å². The summed E-state index contributed by atoms with van der Waals surface area (Å²) in [5.41, 5.74) is 2.40. The predicted molar refractivity (Wildman–Crippen MR) is 140 cm³/mol. The number of amides is 3. The van der Waals surface area contributed by atoms with E-state index in [9.17, 15) is 14.4 Å². The van der Waals surface area contributed by atoms with E-state index in [0.717, 1.165) is 37.2 Å². The van der Waals surface area contributed by atoms with Gasteiger partial charge in [-0.2, -0.15) is 0 Å². The fourth-order valence-electron chi connectivity index (χ4n) is 6.86. The van der Waals surface area contributed by atoms with Gasteiger partial charge in [-0.15, -0.1) is 0 Å². The van der Waals surface area contributed by atoms with Gasteiger partial charge in [0.1, 0.15) is 0 Å². The Balaban J connectivity index is 1.05. The lowest BCUT2D eigenvalue weighted by molar-refractivity contribution is -0.125. The van der Waals surface area contributed by atoms with Gasteiger partial charge in [0, 0.05) is 19.6 Å². The monoisotopic (exact) mass is 513 g/mol. The number of nitrogens with zero attached hydrogens (tertiary/aromatic N) is 2. The molecule has 2 aliphatic carbocycles. The molecule has 2 aromatic carbocycles. The van der Waals surface area contributed by atoms with Crippen LogP contribution in [0.4, 0.5) is 5.69 Å². The molecule has 1 saturated carbocycles.